The van der Waals surface area contributed by atoms with Gasteiger partial charge in [0, 0.05) is 7.05 Å². The van der Waals surface area contributed by atoms with E-state index in [0.717, 1.165) is 0 Å². The van der Waals surface area contributed by atoms with Crippen molar-refractivity contribution in [2.24, 2.45) is 13.0 Å². The van der Waals surface area contributed by atoms with Gasteiger partial charge < -0.3 is 5.11 Å². The van der Waals surface area contributed by atoms with E-state index < -0.39 is 27.5 Å². The summed E-state index contributed by atoms with van der Waals surface area (Å²) in [6, 6.07) is 0. The van der Waals surface area contributed by atoms with Crippen molar-refractivity contribution in [3.63, 3.8) is 0 Å². The van der Waals surface area contributed by atoms with Crippen LogP contribution in [0.1, 0.15) is 18.3 Å². The number of nitrogens with zero attached hydrogens (tertiary/aromatic N) is 2. The third kappa shape index (κ3) is 3.46. The molecule has 0 saturated heterocycles. The summed E-state index contributed by atoms with van der Waals surface area (Å²) in [6.07, 6.45) is 0. The van der Waals surface area contributed by atoms with Crippen LogP contribution in [0.25, 0.3) is 0 Å². The molecule has 102 valence electrons. The summed E-state index contributed by atoms with van der Waals surface area (Å²) in [6.45, 7) is 3.04. The van der Waals surface area contributed by atoms with Crippen molar-refractivity contribution in [2.45, 2.75) is 19.6 Å². The molecule has 0 amide bonds. The molecule has 1 heterocycles. The zero-order chi connectivity index (χ0) is 14.1. The minimum atomic E-state index is -3.54. The van der Waals surface area contributed by atoms with Crippen LogP contribution in [-0.2, 0) is 27.4 Å². The summed E-state index contributed by atoms with van der Waals surface area (Å²) in [7, 11) is -1.94. The Labute approximate surface area is 110 Å². The Balaban J connectivity index is 2.93. The second kappa shape index (κ2) is 5.27. The Morgan fingerprint density at radius 3 is 2.50 bits per heavy atom. The molecule has 0 saturated carbocycles. The molecule has 1 aromatic rings. The van der Waals surface area contributed by atoms with E-state index in [1.165, 1.54) is 11.6 Å². The van der Waals surface area contributed by atoms with E-state index in [2.05, 4.69) is 5.10 Å². The molecule has 1 N–H and O–H groups in total. The molecule has 0 aliphatic rings. The third-order valence-corrected chi connectivity index (χ3v) is 4.76. The van der Waals surface area contributed by atoms with Gasteiger partial charge in [-0.25, -0.2) is 8.42 Å². The molecule has 8 heteroatoms. The molecule has 1 rings (SSSR count). The monoisotopic (exact) mass is 294 g/mol. The molecule has 18 heavy (non-hydrogen) atoms. The van der Waals surface area contributed by atoms with Gasteiger partial charge >= 0.3 is 5.97 Å². The van der Waals surface area contributed by atoms with E-state index in [-0.39, 0.29) is 5.75 Å². The van der Waals surface area contributed by atoms with Crippen LogP contribution in [0.3, 0.4) is 0 Å². The van der Waals surface area contributed by atoms with Gasteiger partial charge in [0.2, 0.25) is 0 Å². The van der Waals surface area contributed by atoms with Crippen LogP contribution < -0.4 is 0 Å². The molecule has 0 spiro atoms. The number of hydrogen-bond donors (Lipinski definition) is 1. The number of carboxylic acids is 1. The van der Waals surface area contributed by atoms with Crippen molar-refractivity contribution >= 4 is 27.4 Å². The predicted octanol–water partition coefficient (Wildman–Crippen LogP) is 1.02. The Morgan fingerprint density at radius 1 is 1.56 bits per heavy atom. The summed E-state index contributed by atoms with van der Waals surface area (Å²) >= 11 is 5.96. The van der Waals surface area contributed by atoms with Gasteiger partial charge in [-0.15, -0.1) is 0 Å². The molecular weight excluding hydrogens is 280 g/mol. The van der Waals surface area contributed by atoms with Crippen LogP contribution in [0.5, 0.6) is 0 Å². The summed E-state index contributed by atoms with van der Waals surface area (Å²) in [5, 5.41) is 13.0. The number of rotatable bonds is 5. The molecule has 1 atom stereocenters. The first-order valence-corrected chi connectivity index (χ1v) is 7.45. The third-order valence-electron chi connectivity index (χ3n) is 2.54. The maximum Gasteiger partial charge on any atom is 0.307 e. The van der Waals surface area contributed by atoms with Crippen LogP contribution in [0.15, 0.2) is 0 Å². The van der Waals surface area contributed by atoms with Crippen molar-refractivity contribution in [2.75, 3.05) is 5.75 Å². The zero-order valence-electron chi connectivity index (χ0n) is 10.3. The first-order valence-electron chi connectivity index (χ1n) is 5.25. The van der Waals surface area contributed by atoms with Gasteiger partial charge in [-0.1, -0.05) is 18.5 Å². The topological polar surface area (TPSA) is 89.3 Å². The second-order valence-electron chi connectivity index (χ2n) is 4.26. The van der Waals surface area contributed by atoms with Gasteiger partial charge in [0.25, 0.3) is 0 Å². The lowest BCUT2D eigenvalue weighted by Crippen LogP contribution is -2.22. The summed E-state index contributed by atoms with van der Waals surface area (Å²) in [5.74, 6) is -2.79. The fraction of sp³-hybridized carbons (Fsp3) is 0.600. The van der Waals surface area contributed by atoms with Gasteiger partial charge in [-0.05, 0) is 6.92 Å². The van der Waals surface area contributed by atoms with Crippen LogP contribution in [0.4, 0.5) is 0 Å². The highest BCUT2D eigenvalue weighted by Gasteiger charge is 2.24. The number of halogens is 1. The molecule has 0 radical (unpaired) electrons. The highest BCUT2D eigenvalue weighted by atomic mass is 35.5. The number of carbonyl (C=O) groups is 1. The van der Waals surface area contributed by atoms with E-state index in [1.54, 1.807) is 14.0 Å². The predicted molar refractivity (Wildman–Crippen MR) is 67.2 cm³/mol. The van der Waals surface area contributed by atoms with Gasteiger partial charge in [-0.2, -0.15) is 5.10 Å². The fourth-order valence-corrected chi connectivity index (χ4v) is 3.63. The van der Waals surface area contributed by atoms with Crippen LogP contribution in [-0.4, -0.2) is 35.0 Å². The van der Waals surface area contributed by atoms with Gasteiger partial charge in [0.1, 0.15) is 0 Å². The number of aryl methyl sites for hydroxylation is 2. The van der Waals surface area contributed by atoms with Crippen molar-refractivity contribution in [1.29, 1.82) is 0 Å². The second-order valence-corrected chi connectivity index (χ2v) is 6.75. The van der Waals surface area contributed by atoms with Crippen molar-refractivity contribution in [3.8, 4) is 0 Å². The highest BCUT2D eigenvalue weighted by molar-refractivity contribution is 7.90. The molecular formula is C10H15ClN2O4S. The van der Waals surface area contributed by atoms with E-state index in [0.29, 0.717) is 16.4 Å². The number of hydrogen-bond acceptors (Lipinski definition) is 4. The average Bonchev–Trinajstić information content (AvgIpc) is 2.44. The normalized spacial score (nSPS) is 13.6. The lowest BCUT2D eigenvalue weighted by Gasteiger charge is -2.08. The molecule has 0 aliphatic carbocycles. The molecule has 6 nitrogen and oxygen atoms in total. The summed E-state index contributed by atoms with van der Waals surface area (Å²) in [5.41, 5.74) is 0.933. The van der Waals surface area contributed by atoms with Crippen molar-refractivity contribution in [1.82, 2.24) is 9.78 Å². The highest BCUT2D eigenvalue weighted by Crippen LogP contribution is 2.22. The van der Waals surface area contributed by atoms with Gasteiger partial charge in [0.15, 0.2) is 9.84 Å². The Morgan fingerprint density at radius 2 is 2.11 bits per heavy atom. The Kier molecular flexibility index (Phi) is 4.39. The minimum absolute atomic E-state index is 0.305. The Hall–Kier alpha value is -1.08. The molecule has 0 aliphatic heterocycles. The zero-order valence-corrected chi connectivity index (χ0v) is 11.9. The van der Waals surface area contributed by atoms with Crippen molar-refractivity contribution in [3.05, 3.63) is 16.4 Å². The molecule has 0 fully saturated rings. The van der Waals surface area contributed by atoms with Crippen molar-refractivity contribution < 1.29 is 18.3 Å². The molecule has 1 unspecified atom stereocenters. The lowest BCUT2D eigenvalue weighted by molar-refractivity contribution is -0.140. The first kappa shape index (κ1) is 15.0. The SMILES string of the molecule is Cc1nn(C)c(CS(=O)(=O)CC(C)C(=O)O)c1Cl. The smallest absolute Gasteiger partial charge is 0.307 e. The summed E-state index contributed by atoms with van der Waals surface area (Å²) in [4.78, 5) is 10.7. The first-order chi connectivity index (χ1) is 8.14. The van der Waals surface area contributed by atoms with Crippen LogP contribution >= 0.6 is 11.6 Å². The van der Waals surface area contributed by atoms with Crippen LogP contribution in [0.2, 0.25) is 5.02 Å². The number of aromatic nitrogens is 2. The quantitative estimate of drug-likeness (QED) is 0.875. The van der Waals surface area contributed by atoms with Gasteiger partial charge in [0.05, 0.1) is 33.8 Å². The van der Waals surface area contributed by atoms with E-state index in [1.807, 2.05) is 0 Å². The lowest BCUT2D eigenvalue weighted by atomic mass is 10.2. The van der Waals surface area contributed by atoms with Gasteiger partial charge in [-0.3, -0.25) is 9.48 Å². The number of sulfone groups is 1. The molecule has 0 aromatic carbocycles. The fourth-order valence-electron chi connectivity index (χ4n) is 1.56. The van der Waals surface area contributed by atoms with E-state index in [4.69, 9.17) is 16.7 Å². The number of aliphatic carboxylic acids is 1. The largest absolute Gasteiger partial charge is 0.481 e. The van der Waals surface area contributed by atoms with E-state index in [9.17, 15) is 13.2 Å². The summed E-state index contributed by atoms with van der Waals surface area (Å²) < 4.78 is 25.1. The average molecular weight is 295 g/mol. The Bertz CT molecular complexity index is 565. The minimum Gasteiger partial charge on any atom is -0.481 e. The maximum absolute atomic E-state index is 11.9. The van der Waals surface area contributed by atoms with E-state index >= 15 is 0 Å². The molecule has 0 bridgehead atoms. The standard InChI is InChI=1S/C10H15ClN2O4S/c1-6(10(14)15)4-18(16,17)5-8-9(11)7(2)12-13(8)3/h6H,4-5H2,1-3H3,(H,14,15). The maximum atomic E-state index is 11.9. The van der Waals surface area contributed by atoms with Crippen LogP contribution in [0, 0.1) is 12.8 Å². The molecule has 1 aromatic heterocycles. The number of carboxylic acid groups (broad SMARTS) is 1.